The molecule has 0 atom stereocenters. The van der Waals surface area contributed by atoms with Gasteiger partial charge in [-0.25, -0.2) is 0 Å². The number of anilines is 2. The third-order valence-corrected chi connectivity index (χ3v) is 2.39. The van der Waals surface area contributed by atoms with Crippen LogP contribution in [-0.2, 0) is 6.54 Å². The smallest absolute Gasteiger partial charge is 0.323 e. The minimum Gasteiger partial charge on any atom is -0.461 e. The van der Waals surface area contributed by atoms with Gasteiger partial charge in [0.2, 0.25) is 11.9 Å². The molecule has 0 spiro atoms. The molecule has 2 aromatic heterocycles. The predicted octanol–water partition coefficient (Wildman–Crippen LogP) is 0.794. The summed E-state index contributed by atoms with van der Waals surface area (Å²) >= 11 is 0. The number of rotatable bonds is 8. The molecule has 0 fully saturated rings. The highest BCUT2D eigenvalue weighted by Crippen LogP contribution is 2.12. The molecule has 0 aliphatic carbocycles. The second-order valence-electron chi connectivity index (χ2n) is 4.56. The highest BCUT2D eigenvalue weighted by molar-refractivity contribution is 5.35. The third-order valence-electron chi connectivity index (χ3n) is 2.39. The van der Waals surface area contributed by atoms with E-state index in [1.165, 1.54) is 0 Å². The molecule has 0 amide bonds. The predicted molar refractivity (Wildman–Crippen MR) is 78.3 cm³/mol. The van der Waals surface area contributed by atoms with Crippen LogP contribution in [0.2, 0.25) is 0 Å². The summed E-state index contributed by atoms with van der Waals surface area (Å²) in [4.78, 5) is 12.7. The zero-order valence-corrected chi connectivity index (χ0v) is 12.4. The molecular formula is C12H20N8O. The first kappa shape index (κ1) is 14.9. The van der Waals surface area contributed by atoms with Crippen molar-refractivity contribution in [2.75, 3.05) is 23.7 Å². The topological polar surface area (TPSA) is 103 Å². The molecule has 0 unspecified atom stereocenters. The van der Waals surface area contributed by atoms with Gasteiger partial charge in [0.05, 0.1) is 18.8 Å². The van der Waals surface area contributed by atoms with E-state index >= 15 is 0 Å². The molecule has 0 saturated carbocycles. The Morgan fingerprint density at radius 1 is 1.19 bits per heavy atom. The van der Waals surface area contributed by atoms with Crippen molar-refractivity contribution < 1.29 is 4.74 Å². The number of aromatic nitrogens is 6. The summed E-state index contributed by atoms with van der Waals surface area (Å²) in [5, 5.41) is 13.8. The average molecular weight is 292 g/mol. The molecule has 9 heteroatoms. The van der Waals surface area contributed by atoms with Crippen LogP contribution in [0.4, 0.5) is 11.9 Å². The first-order valence-electron chi connectivity index (χ1n) is 6.92. The van der Waals surface area contributed by atoms with E-state index in [9.17, 15) is 0 Å². The Morgan fingerprint density at radius 2 is 1.95 bits per heavy atom. The molecule has 0 radical (unpaired) electrons. The van der Waals surface area contributed by atoms with Gasteiger partial charge in [0.15, 0.2) is 0 Å². The highest BCUT2D eigenvalue weighted by atomic mass is 16.5. The molecule has 0 bridgehead atoms. The van der Waals surface area contributed by atoms with E-state index in [0.29, 0.717) is 31.0 Å². The van der Waals surface area contributed by atoms with Gasteiger partial charge in [0.1, 0.15) is 0 Å². The van der Waals surface area contributed by atoms with E-state index in [0.717, 1.165) is 6.54 Å². The van der Waals surface area contributed by atoms with Crippen LogP contribution >= 0.6 is 0 Å². The number of nitrogens with one attached hydrogen (secondary N) is 2. The Bertz CT molecular complexity index is 542. The van der Waals surface area contributed by atoms with Gasteiger partial charge in [-0.1, -0.05) is 5.21 Å². The lowest BCUT2D eigenvalue weighted by Crippen LogP contribution is -2.16. The highest BCUT2D eigenvalue weighted by Gasteiger charge is 2.08. The van der Waals surface area contributed by atoms with Gasteiger partial charge >= 0.3 is 6.01 Å². The molecule has 0 aliphatic heterocycles. The van der Waals surface area contributed by atoms with Crippen molar-refractivity contribution in [2.45, 2.75) is 33.4 Å². The minimum atomic E-state index is 0.00451. The number of hydrogen-bond acceptors (Lipinski definition) is 8. The summed E-state index contributed by atoms with van der Waals surface area (Å²) in [6.45, 7) is 7.85. The van der Waals surface area contributed by atoms with Gasteiger partial charge in [-0.05, 0) is 20.8 Å². The summed E-state index contributed by atoms with van der Waals surface area (Å²) in [6, 6.07) is 0.305. The average Bonchev–Trinajstić information content (AvgIpc) is 2.91. The Labute approximate surface area is 123 Å². The number of nitrogens with zero attached hydrogens (tertiary/aromatic N) is 6. The van der Waals surface area contributed by atoms with Crippen LogP contribution in [0.15, 0.2) is 12.4 Å². The summed E-state index contributed by atoms with van der Waals surface area (Å²) in [5.41, 5.74) is 0. The molecule has 0 saturated heterocycles. The lowest BCUT2D eigenvalue weighted by atomic mass is 10.5. The zero-order chi connectivity index (χ0) is 15.1. The monoisotopic (exact) mass is 292 g/mol. The molecule has 9 nitrogen and oxygen atoms in total. The Morgan fingerprint density at radius 3 is 2.57 bits per heavy atom. The van der Waals surface area contributed by atoms with Gasteiger partial charge in [-0.3, -0.25) is 4.68 Å². The standard InChI is InChI=1S/C12H20N8O/c1-4-13-10-16-11(18-12(17-10)21-9(2)3)14-5-7-20-8-6-15-19-20/h6,8-9H,4-5,7H2,1-3H3,(H2,13,14,16,17,18). The van der Waals surface area contributed by atoms with E-state index in [1.54, 1.807) is 17.1 Å². The molecule has 2 N–H and O–H groups in total. The molecule has 114 valence electrons. The van der Waals surface area contributed by atoms with Crippen molar-refractivity contribution in [1.29, 1.82) is 0 Å². The first-order chi connectivity index (χ1) is 10.2. The van der Waals surface area contributed by atoms with Crippen LogP contribution in [0.25, 0.3) is 0 Å². The molecular weight excluding hydrogens is 272 g/mol. The van der Waals surface area contributed by atoms with Crippen LogP contribution in [0.3, 0.4) is 0 Å². The molecule has 2 rings (SSSR count). The van der Waals surface area contributed by atoms with E-state index in [-0.39, 0.29) is 6.10 Å². The fourth-order valence-corrected chi connectivity index (χ4v) is 1.57. The van der Waals surface area contributed by atoms with Crippen LogP contribution in [0.5, 0.6) is 6.01 Å². The molecule has 0 aliphatic rings. The van der Waals surface area contributed by atoms with Gasteiger partial charge in [0, 0.05) is 19.3 Å². The Kier molecular flexibility index (Phi) is 5.24. The summed E-state index contributed by atoms with van der Waals surface area (Å²) in [6.07, 6.45) is 3.44. The first-order valence-corrected chi connectivity index (χ1v) is 6.92. The quantitative estimate of drug-likeness (QED) is 0.736. The van der Waals surface area contributed by atoms with Gasteiger partial charge in [-0.15, -0.1) is 5.10 Å². The van der Waals surface area contributed by atoms with Crippen LogP contribution in [0.1, 0.15) is 20.8 Å². The maximum atomic E-state index is 5.52. The molecule has 0 aromatic carbocycles. The van der Waals surface area contributed by atoms with Gasteiger partial charge in [0.25, 0.3) is 0 Å². The Balaban J connectivity index is 2.00. The SMILES string of the molecule is CCNc1nc(NCCn2ccnn2)nc(OC(C)C)n1. The second-order valence-corrected chi connectivity index (χ2v) is 4.56. The van der Waals surface area contributed by atoms with Gasteiger partial charge < -0.3 is 15.4 Å². The second kappa shape index (κ2) is 7.36. The van der Waals surface area contributed by atoms with E-state index < -0.39 is 0 Å². The van der Waals surface area contributed by atoms with E-state index in [4.69, 9.17) is 4.74 Å². The molecule has 21 heavy (non-hydrogen) atoms. The summed E-state index contributed by atoms with van der Waals surface area (Å²) < 4.78 is 7.25. The van der Waals surface area contributed by atoms with E-state index in [1.807, 2.05) is 20.8 Å². The van der Waals surface area contributed by atoms with Crippen molar-refractivity contribution in [1.82, 2.24) is 29.9 Å². The lowest BCUT2D eigenvalue weighted by molar-refractivity contribution is 0.222. The summed E-state index contributed by atoms with van der Waals surface area (Å²) in [5.74, 6) is 0.961. The molecule has 2 aromatic rings. The van der Waals surface area contributed by atoms with E-state index in [2.05, 4.69) is 35.9 Å². The minimum absolute atomic E-state index is 0.00451. The number of ether oxygens (including phenoxy) is 1. The largest absolute Gasteiger partial charge is 0.461 e. The molecule has 2 heterocycles. The lowest BCUT2D eigenvalue weighted by Gasteiger charge is -2.11. The van der Waals surface area contributed by atoms with Crippen molar-refractivity contribution >= 4 is 11.9 Å². The van der Waals surface area contributed by atoms with Crippen LogP contribution in [-0.4, -0.2) is 49.1 Å². The fraction of sp³-hybridized carbons (Fsp3) is 0.583. The summed E-state index contributed by atoms with van der Waals surface area (Å²) in [7, 11) is 0. The van der Waals surface area contributed by atoms with Crippen molar-refractivity contribution in [3.05, 3.63) is 12.4 Å². The fourth-order valence-electron chi connectivity index (χ4n) is 1.57. The Hall–Kier alpha value is -2.45. The van der Waals surface area contributed by atoms with Crippen molar-refractivity contribution in [3.8, 4) is 6.01 Å². The maximum absolute atomic E-state index is 5.52. The van der Waals surface area contributed by atoms with Crippen LogP contribution in [0, 0.1) is 0 Å². The normalized spacial score (nSPS) is 10.7. The number of hydrogen-bond donors (Lipinski definition) is 2. The van der Waals surface area contributed by atoms with Crippen LogP contribution < -0.4 is 15.4 Å². The van der Waals surface area contributed by atoms with Crippen molar-refractivity contribution in [2.24, 2.45) is 0 Å². The van der Waals surface area contributed by atoms with Gasteiger partial charge in [-0.2, -0.15) is 15.0 Å². The third kappa shape index (κ3) is 4.86. The maximum Gasteiger partial charge on any atom is 0.323 e. The zero-order valence-electron chi connectivity index (χ0n) is 12.4. The van der Waals surface area contributed by atoms with Crippen molar-refractivity contribution in [3.63, 3.8) is 0 Å².